The standard InChI is InChI=1S/C15H15F2NO3S/c1-10-4-2-3-5-14(10)15(19)9-18-22(20,21)13-7-11(16)6-12(17)8-13/h2-8,15,18-19H,9H2,1H3. The summed E-state index contributed by atoms with van der Waals surface area (Å²) in [6.45, 7) is 1.49. The normalized spacial score (nSPS) is 13.1. The molecule has 0 amide bonds. The number of rotatable bonds is 5. The van der Waals surface area contributed by atoms with Gasteiger partial charge >= 0.3 is 0 Å². The van der Waals surface area contributed by atoms with Crippen LogP contribution >= 0.6 is 0 Å². The van der Waals surface area contributed by atoms with Crippen LogP contribution < -0.4 is 4.72 Å². The highest BCUT2D eigenvalue weighted by Crippen LogP contribution is 2.18. The first-order valence-corrected chi connectivity index (χ1v) is 7.97. The van der Waals surface area contributed by atoms with Crippen LogP contribution in [-0.4, -0.2) is 20.1 Å². The maximum Gasteiger partial charge on any atom is 0.240 e. The van der Waals surface area contributed by atoms with Crippen molar-refractivity contribution >= 4 is 10.0 Å². The van der Waals surface area contributed by atoms with Crippen LogP contribution in [0.1, 0.15) is 17.2 Å². The molecular weight excluding hydrogens is 312 g/mol. The molecule has 2 aromatic rings. The Labute approximate surface area is 127 Å². The van der Waals surface area contributed by atoms with Crippen molar-refractivity contribution in [2.75, 3.05) is 6.54 Å². The molecule has 1 unspecified atom stereocenters. The zero-order valence-corrected chi connectivity index (χ0v) is 12.6. The van der Waals surface area contributed by atoms with Gasteiger partial charge in [-0.05, 0) is 30.2 Å². The van der Waals surface area contributed by atoms with Crippen LogP contribution in [0.5, 0.6) is 0 Å². The number of aryl methyl sites for hydroxylation is 1. The highest BCUT2D eigenvalue weighted by molar-refractivity contribution is 7.89. The molecule has 2 aromatic carbocycles. The van der Waals surface area contributed by atoms with Gasteiger partial charge in [-0.3, -0.25) is 0 Å². The van der Waals surface area contributed by atoms with Crippen molar-refractivity contribution in [3.8, 4) is 0 Å². The van der Waals surface area contributed by atoms with Crippen molar-refractivity contribution in [1.82, 2.24) is 4.72 Å². The van der Waals surface area contributed by atoms with Crippen molar-refractivity contribution in [3.63, 3.8) is 0 Å². The van der Waals surface area contributed by atoms with Gasteiger partial charge in [-0.1, -0.05) is 24.3 Å². The van der Waals surface area contributed by atoms with Gasteiger partial charge in [0.1, 0.15) is 11.6 Å². The lowest BCUT2D eigenvalue weighted by Crippen LogP contribution is -2.29. The number of nitrogens with one attached hydrogen (secondary N) is 1. The number of halogens is 2. The summed E-state index contributed by atoms with van der Waals surface area (Å²) in [6, 6.07) is 9.00. The zero-order valence-electron chi connectivity index (χ0n) is 11.8. The largest absolute Gasteiger partial charge is 0.387 e. The summed E-state index contributed by atoms with van der Waals surface area (Å²) in [6.07, 6.45) is -1.06. The Morgan fingerprint density at radius 3 is 2.32 bits per heavy atom. The SMILES string of the molecule is Cc1ccccc1C(O)CNS(=O)(=O)c1cc(F)cc(F)c1. The molecule has 22 heavy (non-hydrogen) atoms. The third-order valence-electron chi connectivity index (χ3n) is 3.16. The molecule has 4 nitrogen and oxygen atoms in total. The minimum Gasteiger partial charge on any atom is -0.387 e. The summed E-state index contributed by atoms with van der Waals surface area (Å²) in [5.74, 6) is -1.97. The lowest BCUT2D eigenvalue weighted by molar-refractivity contribution is 0.181. The lowest BCUT2D eigenvalue weighted by Gasteiger charge is -2.14. The molecule has 0 aliphatic heterocycles. The van der Waals surface area contributed by atoms with Gasteiger partial charge in [0, 0.05) is 12.6 Å². The monoisotopic (exact) mass is 327 g/mol. The number of hydrogen-bond acceptors (Lipinski definition) is 3. The molecule has 0 aromatic heterocycles. The smallest absolute Gasteiger partial charge is 0.240 e. The maximum absolute atomic E-state index is 13.1. The molecule has 7 heteroatoms. The van der Waals surface area contributed by atoms with Gasteiger partial charge in [-0.15, -0.1) is 0 Å². The van der Waals surface area contributed by atoms with Crippen molar-refractivity contribution in [2.24, 2.45) is 0 Å². The molecule has 0 heterocycles. The summed E-state index contributed by atoms with van der Waals surface area (Å²) < 4.78 is 52.3. The molecule has 0 bridgehead atoms. The average molecular weight is 327 g/mol. The van der Waals surface area contributed by atoms with Crippen LogP contribution in [0.3, 0.4) is 0 Å². The van der Waals surface area contributed by atoms with Crippen LogP contribution in [0.25, 0.3) is 0 Å². The van der Waals surface area contributed by atoms with E-state index in [0.717, 1.165) is 5.56 Å². The van der Waals surface area contributed by atoms with Gasteiger partial charge in [0.2, 0.25) is 10.0 Å². The Hall–Kier alpha value is -1.83. The number of hydrogen-bond donors (Lipinski definition) is 2. The van der Waals surface area contributed by atoms with E-state index in [-0.39, 0.29) is 6.54 Å². The quantitative estimate of drug-likeness (QED) is 0.885. The van der Waals surface area contributed by atoms with Crippen molar-refractivity contribution < 1.29 is 22.3 Å². The fourth-order valence-electron chi connectivity index (χ4n) is 2.03. The van der Waals surface area contributed by atoms with Gasteiger partial charge in [-0.25, -0.2) is 21.9 Å². The Bertz CT molecular complexity index is 758. The molecule has 0 saturated carbocycles. The Morgan fingerprint density at radius 2 is 1.73 bits per heavy atom. The lowest BCUT2D eigenvalue weighted by atomic mass is 10.0. The topological polar surface area (TPSA) is 66.4 Å². The summed E-state index contributed by atoms with van der Waals surface area (Å²) in [5.41, 5.74) is 1.39. The number of aliphatic hydroxyl groups is 1. The van der Waals surface area contributed by atoms with Crippen LogP contribution in [-0.2, 0) is 10.0 Å². The van der Waals surface area contributed by atoms with E-state index < -0.39 is 32.7 Å². The van der Waals surface area contributed by atoms with Gasteiger partial charge < -0.3 is 5.11 Å². The van der Waals surface area contributed by atoms with E-state index in [4.69, 9.17) is 0 Å². The highest BCUT2D eigenvalue weighted by Gasteiger charge is 2.19. The molecule has 0 fully saturated rings. The first-order chi connectivity index (χ1) is 10.3. The second kappa shape index (κ2) is 6.51. The van der Waals surface area contributed by atoms with Crippen LogP contribution in [0.4, 0.5) is 8.78 Å². The minimum absolute atomic E-state index is 0.300. The molecule has 0 spiro atoms. The Balaban J connectivity index is 2.14. The van der Waals surface area contributed by atoms with E-state index in [1.54, 1.807) is 31.2 Å². The van der Waals surface area contributed by atoms with Crippen LogP contribution in [0, 0.1) is 18.6 Å². The van der Waals surface area contributed by atoms with Gasteiger partial charge in [0.05, 0.1) is 11.0 Å². The maximum atomic E-state index is 13.1. The summed E-state index contributed by atoms with van der Waals surface area (Å²) >= 11 is 0. The molecule has 0 aliphatic rings. The predicted octanol–water partition coefficient (Wildman–Crippen LogP) is 2.29. The summed E-state index contributed by atoms with van der Waals surface area (Å²) in [7, 11) is -4.11. The molecule has 1 atom stereocenters. The zero-order chi connectivity index (χ0) is 16.3. The van der Waals surface area contributed by atoms with E-state index in [9.17, 15) is 22.3 Å². The molecule has 0 aliphatic carbocycles. The number of benzene rings is 2. The predicted molar refractivity (Wildman–Crippen MR) is 77.7 cm³/mol. The number of aliphatic hydroxyl groups excluding tert-OH is 1. The van der Waals surface area contributed by atoms with Crippen LogP contribution in [0.15, 0.2) is 47.4 Å². The van der Waals surface area contributed by atoms with Crippen molar-refractivity contribution in [3.05, 3.63) is 65.2 Å². The van der Waals surface area contributed by atoms with Crippen molar-refractivity contribution in [2.45, 2.75) is 17.9 Å². The van der Waals surface area contributed by atoms with Gasteiger partial charge in [0.15, 0.2) is 0 Å². The van der Waals surface area contributed by atoms with E-state index in [1.165, 1.54) is 0 Å². The van der Waals surface area contributed by atoms with E-state index in [2.05, 4.69) is 4.72 Å². The van der Waals surface area contributed by atoms with Gasteiger partial charge in [0.25, 0.3) is 0 Å². The first kappa shape index (κ1) is 16.5. The van der Waals surface area contributed by atoms with E-state index >= 15 is 0 Å². The van der Waals surface area contributed by atoms with E-state index in [1.807, 2.05) is 0 Å². The average Bonchev–Trinajstić information content (AvgIpc) is 2.44. The van der Waals surface area contributed by atoms with Gasteiger partial charge in [-0.2, -0.15) is 0 Å². The Kier molecular flexibility index (Phi) is 4.90. The van der Waals surface area contributed by atoms with Crippen LogP contribution in [0.2, 0.25) is 0 Å². The first-order valence-electron chi connectivity index (χ1n) is 6.49. The second-order valence-electron chi connectivity index (χ2n) is 4.83. The summed E-state index contributed by atoms with van der Waals surface area (Å²) in [5, 5.41) is 10.0. The third kappa shape index (κ3) is 3.88. The molecular formula is C15H15F2NO3S. The Morgan fingerprint density at radius 1 is 1.14 bits per heavy atom. The summed E-state index contributed by atoms with van der Waals surface area (Å²) in [4.78, 5) is -0.526. The fourth-order valence-corrected chi connectivity index (χ4v) is 3.11. The highest BCUT2D eigenvalue weighted by atomic mass is 32.2. The second-order valence-corrected chi connectivity index (χ2v) is 6.60. The molecule has 2 rings (SSSR count). The molecule has 118 valence electrons. The molecule has 0 saturated heterocycles. The molecule has 2 N–H and O–H groups in total. The molecule has 0 radical (unpaired) electrons. The van der Waals surface area contributed by atoms with Crippen molar-refractivity contribution in [1.29, 1.82) is 0 Å². The number of sulfonamides is 1. The van der Waals surface area contributed by atoms with E-state index in [0.29, 0.717) is 23.8 Å². The fraction of sp³-hybridized carbons (Fsp3) is 0.200. The third-order valence-corrected chi connectivity index (χ3v) is 4.56. The minimum atomic E-state index is -4.11.